The van der Waals surface area contributed by atoms with Gasteiger partial charge in [-0.05, 0) is 31.5 Å². The van der Waals surface area contributed by atoms with Gasteiger partial charge in [0, 0.05) is 13.3 Å². The molecule has 1 aromatic carbocycles. The van der Waals surface area contributed by atoms with E-state index in [1.54, 1.807) is 27.7 Å². The maximum atomic E-state index is 12.6. The predicted molar refractivity (Wildman–Crippen MR) is 119 cm³/mol. The fourth-order valence-electron chi connectivity index (χ4n) is 2.85. The minimum Gasteiger partial charge on any atom is -0.461 e. The zero-order valence-corrected chi connectivity index (χ0v) is 20.2. The summed E-state index contributed by atoms with van der Waals surface area (Å²) in [5, 5.41) is 2.39. The van der Waals surface area contributed by atoms with Crippen LogP contribution >= 0.6 is 0 Å². The molecule has 1 amide bonds. The number of hydrogen-bond donors (Lipinski definition) is 2. The van der Waals surface area contributed by atoms with E-state index in [-0.39, 0.29) is 24.3 Å². The van der Waals surface area contributed by atoms with E-state index in [1.807, 2.05) is 0 Å². The summed E-state index contributed by atoms with van der Waals surface area (Å²) in [5.74, 6) is -3.29. The van der Waals surface area contributed by atoms with Gasteiger partial charge in [0.1, 0.15) is 12.1 Å². The number of alkyl carbamates (subject to hydrolysis) is 1. The number of carbonyl (C=O) groups excluding carboxylic acids is 5. The highest BCUT2D eigenvalue weighted by Gasteiger charge is 2.29. The van der Waals surface area contributed by atoms with Crippen molar-refractivity contribution < 1.29 is 47.7 Å². The Labute approximate surface area is 202 Å². The number of esters is 4. The fraction of sp³-hybridized carbons (Fsp3) is 0.522. The maximum Gasteiger partial charge on any atom is 0.410 e. The van der Waals surface area contributed by atoms with E-state index in [9.17, 15) is 24.0 Å². The van der Waals surface area contributed by atoms with Crippen molar-refractivity contribution in [1.82, 2.24) is 5.32 Å². The molecule has 0 saturated heterocycles. The van der Waals surface area contributed by atoms with E-state index in [0.29, 0.717) is 5.56 Å². The summed E-state index contributed by atoms with van der Waals surface area (Å²) in [4.78, 5) is 60.6. The van der Waals surface area contributed by atoms with Crippen molar-refractivity contribution in [3.63, 3.8) is 0 Å². The third kappa shape index (κ3) is 8.56. The highest BCUT2D eigenvalue weighted by Crippen LogP contribution is 2.31. The summed E-state index contributed by atoms with van der Waals surface area (Å²) >= 11 is 0. The number of fused-ring (bicyclic) bond motifs is 1. The zero-order chi connectivity index (χ0) is 26.3. The lowest BCUT2D eigenvalue weighted by atomic mass is 10.0. The van der Waals surface area contributed by atoms with Gasteiger partial charge in [-0.15, -0.1) is 0 Å². The molecule has 3 N–H and O–H groups in total. The smallest absolute Gasteiger partial charge is 0.410 e. The SMILES string of the molecule is CC(C)OC(=O)C(Cc1ccc2c(c1)OC(=O)CC(N)C(=O)O2)NC(=O)OC(C)OC(=O)C(C)C. The van der Waals surface area contributed by atoms with Gasteiger partial charge < -0.3 is 34.7 Å². The first-order valence-electron chi connectivity index (χ1n) is 11.0. The molecule has 0 aromatic heterocycles. The number of nitrogens with two attached hydrogens (primary N) is 1. The van der Waals surface area contributed by atoms with E-state index in [2.05, 4.69) is 5.32 Å². The van der Waals surface area contributed by atoms with Crippen LogP contribution in [0.2, 0.25) is 0 Å². The standard InChI is InChI=1S/C23H30N2O10/c1-11(2)20(27)32-13(5)33-23(30)25-16(22(29)31-12(3)4)8-14-6-7-17-18(9-14)34-19(26)10-15(24)21(28)35-17/h6-7,9,11-13,15-16H,8,10,24H2,1-5H3,(H,25,30). The molecule has 2 rings (SSSR count). The van der Waals surface area contributed by atoms with Crippen molar-refractivity contribution >= 4 is 30.0 Å². The van der Waals surface area contributed by atoms with E-state index in [0.717, 1.165) is 0 Å². The van der Waals surface area contributed by atoms with Crippen molar-refractivity contribution in [2.24, 2.45) is 11.7 Å². The first kappa shape index (κ1) is 27.6. The Balaban J connectivity index is 2.17. The van der Waals surface area contributed by atoms with Crippen molar-refractivity contribution in [3.05, 3.63) is 23.8 Å². The first-order valence-corrected chi connectivity index (χ1v) is 11.0. The number of rotatable bonds is 8. The fourth-order valence-corrected chi connectivity index (χ4v) is 2.85. The molecule has 0 aliphatic carbocycles. The van der Waals surface area contributed by atoms with Gasteiger partial charge in [-0.3, -0.25) is 9.59 Å². The largest absolute Gasteiger partial charge is 0.461 e. The van der Waals surface area contributed by atoms with Gasteiger partial charge >= 0.3 is 30.0 Å². The minimum atomic E-state index is -1.20. The molecule has 0 fully saturated rings. The molecule has 35 heavy (non-hydrogen) atoms. The second-order valence-electron chi connectivity index (χ2n) is 8.44. The summed E-state index contributed by atoms with van der Waals surface area (Å²) in [6.07, 6.45) is -3.12. The average Bonchev–Trinajstić information content (AvgIpc) is 2.73. The summed E-state index contributed by atoms with van der Waals surface area (Å²) in [5.41, 5.74) is 6.03. The molecule has 0 saturated carbocycles. The maximum absolute atomic E-state index is 12.6. The van der Waals surface area contributed by atoms with Crippen LogP contribution in [0.25, 0.3) is 0 Å². The lowest BCUT2D eigenvalue weighted by Crippen LogP contribution is -2.45. The predicted octanol–water partition coefficient (Wildman–Crippen LogP) is 1.36. The highest BCUT2D eigenvalue weighted by atomic mass is 16.7. The number of benzene rings is 1. The van der Waals surface area contributed by atoms with Crippen molar-refractivity contribution in [3.8, 4) is 11.5 Å². The molecule has 12 nitrogen and oxygen atoms in total. The summed E-state index contributed by atoms with van der Waals surface area (Å²) < 4.78 is 25.6. The second kappa shape index (κ2) is 12.2. The van der Waals surface area contributed by atoms with Crippen LogP contribution in [0, 0.1) is 5.92 Å². The van der Waals surface area contributed by atoms with Gasteiger partial charge in [0.15, 0.2) is 11.5 Å². The van der Waals surface area contributed by atoms with E-state index >= 15 is 0 Å². The Morgan fingerprint density at radius 2 is 1.69 bits per heavy atom. The van der Waals surface area contributed by atoms with Crippen molar-refractivity contribution in [2.75, 3.05) is 0 Å². The van der Waals surface area contributed by atoms with E-state index < -0.39 is 60.4 Å². The van der Waals surface area contributed by atoms with E-state index in [1.165, 1.54) is 25.1 Å². The average molecular weight is 494 g/mol. The topological polar surface area (TPSA) is 170 Å². The molecule has 0 radical (unpaired) electrons. The van der Waals surface area contributed by atoms with Crippen LogP contribution in [0.3, 0.4) is 0 Å². The molecule has 12 heteroatoms. The second-order valence-corrected chi connectivity index (χ2v) is 8.44. The molecule has 3 atom stereocenters. The zero-order valence-electron chi connectivity index (χ0n) is 20.2. The number of carbonyl (C=O) groups is 5. The first-order chi connectivity index (χ1) is 16.3. The van der Waals surface area contributed by atoms with Gasteiger partial charge in [-0.1, -0.05) is 19.9 Å². The Morgan fingerprint density at radius 3 is 2.31 bits per heavy atom. The molecule has 1 aromatic rings. The number of amides is 1. The van der Waals surface area contributed by atoms with Crippen LogP contribution in [0.4, 0.5) is 4.79 Å². The normalized spacial score (nSPS) is 17.2. The monoisotopic (exact) mass is 494 g/mol. The van der Waals surface area contributed by atoms with Gasteiger partial charge in [-0.25, -0.2) is 14.4 Å². The third-order valence-electron chi connectivity index (χ3n) is 4.53. The van der Waals surface area contributed by atoms with Crippen LogP contribution < -0.4 is 20.5 Å². The molecule has 0 bridgehead atoms. The molecule has 192 valence electrons. The van der Waals surface area contributed by atoms with Crippen molar-refractivity contribution in [1.29, 1.82) is 0 Å². The van der Waals surface area contributed by atoms with Gasteiger partial charge in [0.25, 0.3) is 0 Å². The van der Waals surface area contributed by atoms with Crippen LogP contribution in [-0.4, -0.2) is 54.4 Å². The molecule has 0 spiro atoms. The summed E-state index contributed by atoms with van der Waals surface area (Å²) in [7, 11) is 0. The molecular weight excluding hydrogens is 464 g/mol. The number of nitrogens with one attached hydrogen (secondary N) is 1. The lowest BCUT2D eigenvalue weighted by Gasteiger charge is -2.22. The Hall–Kier alpha value is -3.67. The summed E-state index contributed by atoms with van der Waals surface area (Å²) in [6, 6.07) is 1.94. The quantitative estimate of drug-likeness (QED) is 0.304. The lowest BCUT2D eigenvalue weighted by molar-refractivity contribution is -0.169. The molecule has 1 heterocycles. The Bertz CT molecular complexity index is 975. The highest BCUT2D eigenvalue weighted by molar-refractivity contribution is 5.87. The van der Waals surface area contributed by atoms with Gasteiger partial charge in [0.05, 0.1) is 18.4 Å². The van der Waals surface area contributed by atoms with Gasteiger partial charge in [0.2, 0.25) is 6.29 Å². The number of hydrogen-bond acceptors (Lipinski definition) is 11. The van der Waals surface area contributed by atoms with Crippen LogP contribution in [0.15, 0.2) is 18.2 Å². The van der Waals surface area contributed by atoms with Crippen molar-refractivity contribution in [2.45, 2.75) is 71.9 Å². The van der Waals surface area contributed by atoms with E-state index in [4.69, 9.17) is 29.4 Å². The molecule has 3 unspecified atom stereocenters. The molecule has 1 aliphatic rings. The number of ether oxygens (including phenoxy) is 5. The van der Waals surface area contributed by atoms with Crippen LogP contribution in [0.5, 0.6) is 11.5 Å². The minimum absolute atomic E-state index is 0.0169. The molecule has 1 aliphatic heterocycles. The van der Waals surface area contributed by atoms with Crippen LogP contribution in [0.1, 0.15) is 46.6 Å². The Morgan fingerprint density at radius 1 is 1.00 bits per heavy atom. The van der Waals surface area contributed by atoms with Gasteiger partial charge in [-0.2, -0.15) is 0 Å². The Kier molecular flexibility index (Phi) is 9.58. The summed E-state index contributed by atoms with van der Waals surface area (Å²) in [6.45, 7) is 7.90. The molecular formula is C23H30N2O10. The third-order valence-corrected chi connectivity index (χ3v) is 4.53. The van der Waals surface area contributed by atoms with Crippen LogP contribution in [-0.2, 0) is 39.8 Å².